The minimum atomic E-state index is -0.0500. The minimum absolute atomic E-state index is 0.0500. The SMILES string of the molecule is COC(=O)C(C)C1CC2C=CC1C2. The molecule has 0 aromatic rings. The van der Waals surface area contributed by atoms with E-state index in [9.17, 15) is 4.79 Å². The van der Waals surface area contributed by atoms with Gasteiger partial charge in [0.1, 0.15) is 0 Å². The fourth-order valence-corrected chi connectivity index (χ4v) is 2.76. The maximum atomic E-state index is 11.3. The van der Waals surface area contributed by atoms with Crippen LogP contribution in [0.1, 0.15) is 19.8 Å². The van der Waals surface area contributed by atoms with E-state index in [4.69, 9.17) is 4.74 Å². The molecule has 0 aromatic carbocycles. The number of carbonyl (C=O) groups is 1. The second-order valence-corrected chi connectivity index (χ2v) is 4.26. The van der Waals surface area contributed by atoms with Crippen LogP contribution in [0.15, 0.2) is 12.2 Å². The topological polar surface area (TPSA) is 26.3 Å². The molecule has 4 unspecified atom stereocenters. The Balaban J connectivity index is 2.02. The third-order valence-corrected chi connectivity index (χ3v) is 3.55. The smallest absolute Gasteiger partial charge is 0.308 e. The van der Waals surface area contributed by atoms with E-state index in [1.807, 2.05) is 6.92 Å². The lowest BCUT2D eigenvalue weighted by molar-refractivity contribution is -0.147. The van der Waals surface area contributed by atoms with Crippen LogP contribution in [0.2, 0.25) is 0 Å². The second-order valence-electron chi connectivity index (χ2n) is 4.26. The number of esters is 1. The normalized spacial score (nSPS) is 37.8. The van der Waals surface area contributed by atoms with Gasteiger partial charge in [0, 0.05) is 0 Å². The summed E-state index contributed by atoms with van der Waals surface area (Å²) in [6.07, 6.45) is 7.01. The Morgan fingerprint density at radius 3 is 2.69 bits per heavy atom. The number of hydrogen-bond donors (Lipinski definition) is 0. The standard InChI is InChI=1S/C11H16O2/c1-7(11(12)13-2)10-6-8-3-4-9(10)5-8/h3-4,7-10H,5-6H2,1-2H3. The van der Waals surface area contributed by atoms with E-state index in [2.05, 4.69) is 12.2 Å². The van der Waals surface area contributed by atoms with E-state index in [0.29, 0.717) is 11.8 Å². The second kappa shape index (κ2) is 3.17. The van der Waals surface area contributed by atoms with Crippen LogP contribution in [0.25, 0.3) is 0 Å². The molecule has 0 aliphatic heterocycles. The van der Waals surface area contributed by atoms with E-state index in [0.717, 1.165) is 5.92 Å². The zero-order valence-electron chi connectivity index (χ0n) is 8.19. The predicted molar refractivity (Wildman–Crippen MR) is 50.0 cm³/mol. The first kappa shape index (κ1) is 8.79. The van der Waals surface area contributed by atoms with Crippen molar-refractivity contribution in [3.05, 3.63) is 12.2 Å². The van der Waals surface area contributed by atoms with Gasteiger partial charge >= 0.3 is 5.97 Å². The van der Waals surface area contributed by atoms with Crippen molar-refractivity contribution in [2.45, 2.75) is 19.8 Å². The van der Waals surface area contributed by atoms with Crippen molar-refractivity contribution in [3.63, 3.8) is 0 Å². The van der Waals surface area contributed by atoms with E-state index in [1.165, 1.54) is 20.0 Å². The molecule has 72 valence electrons. The Hall–Kier alpha value is -0.790. The molecule has 0 N–H and O–H groups in total. The van der Waals surface area contributed by atoms with Crippen LogP contribution in [0.5, 0.6) is 0 Å². The number of allylic oxidation sites excluding steroid dienone is 2. The first-order valence-electron chi connectivity index (χ1n) is 4.98. The first-order valence-corrected chi connectivity index (χ1v) is 4.98. The van der Waals surface area contributed by atoms with Gasteiger partial charge in [-0.25, -0.2) is 0 Å². The number of ether oxygens (including phenoxy) is 1. The Kier molecular flexibility index (Phi) is 2.14. The van der Waals surface area contributed by atoms with Crippen LogP contribution < -0.4 is 0 Å². The zero-order valence-corrected chi connectivity index (χ0v) is 8.19. The van der Waals surface area contributed by atoms with Crippen molar-refractivity contribution in [1.82, 2.24) is 0 Å². The quantitative estimate of drug-likeness (QED) is 0.480. The van der Waals surface area contributed by atoms with Crippen LogP contribution in [0.3, 0.4) is 0 Å². The zero-order chi connectivity index (χ0) is 9.42. The molecule has 0 heterocycles. The first-order chi connectivity index (χ1) is 6.22. The predicted octanol–water partition coefficient (Wildman–Crippen LogP) is 2.01. The molecule has 2 bridgehead atoms. The highest BCUT2D eigenvalue weighted by Gasteiger charge is 2.40. The Morgan fingerprint density at radius 2 is 2.23 bits per heavy atom. The molecule has 0 saturated heterocycles. The molecular weight excluding hydrogens is 164 g/mol. The highest BCUT2D eigenvalue weighted by Crippen LogP contribution is 2.46. The molecule has 2 rings (SSSR count). The number of methoxy groups -OCH3 is 1. The molecule has 1 fully saturated rings. The van der Waals surface area contributed by atoms with Gasteiger partial charge in [0.15, 0.2) is 0 Å². The van der Waals surface area contributed by atoms with Gasteiger partial charge in [0.05, 0.1) is 13.0 Å². The summed E-state index contributed by atoms with van der Waals surface area (Å²) in [6.45, 7) is 1.99. The van der Waals surface area contributed by atoms with E-state index in [-0.39, 0.29) is 11.9 Å². The van der Waals surface area contributed by atoms with Gasteiger partial charge in [-0.1, -0.05) is 19.1 Å². The molecule has 0 amide bonds. The van der Waals surface area contributed by atoms with Crippen molar-refractivity contribution in [1.29, 1.82) is 0 Å². The largest absolute Gasteiger partial charge is 0.469 e. The highest BCUT2D eigenvalue weighted by atomic mass is 16.5. The highest BCUT2D eigenvalue weighted by molar-refractivity contribution is 5.72. The summed E-state index contributed by atoms with van der Waals surface area (Å²) in [5.74, 6) is 1.93. The fourth-order valence-electron chi connectivity index (χ4n) is 2.76. The van der Waals surface area contributed by atoms with Crippen LogP contribution in [-0.2, 0) is 9.53 Å². The van der Waals surface area contributed by atoms with Gasteiger partial charge < -0.3 is 4.74 Å². The number of rotatable bonds is 2. The lowest BCUT2D eigenvalue weighted by atomic mass is 9.83. The molecule has 2 aliphatic rings. The van der Waals surface area contributed by atoms with Crippen LogP contribution in [-0.4, -0.2) is 13.1 Å². The maximum Gasteiger partial charge on any atom is 0.308 e. The van der Waals surface area contributed by atoms with Gasteiger partial charge in [0.2, 0.25) is 0 Å². The summed E-state index contributed by atoms with van der Waals surface area (Å²) < 4.78 is 4.77. The Morgan fingerprint density at radius 1 is 1.46 bits per heavy atom. The summed E-state index contributed by atoms with van der Waals surface area (Å²) >= 11 is 0. The molecule has 0 radical (unpaired) electrons. The van der Waals surface area contributed by atoms with Crippen LogP contribution >= 0.6 is 0 Å². The molecule has 2 heteroatoms. The lowest BCUT2D eigenvalue weighted by Gasteiger charge is -2.22. The Labute approximate surface area is 79.0 Å². The van der Waals surface area contributed by atoms with E-state index < -0.39 is 0 Å². The Bertz CT molecular complexity index is 244. The molecule has 0 aromatic heterocycles. The molecule has 13 heavy (non-hydrogen) atoms. The van der Waals surface area contributed by atoms with Gasteiger partial charge in [-0.05, 0) is 30.6 Å². The van der Waals surface area contributed by atoms with Gasteiger partial charge in [-0.15, -0.1) is 0 Å². The summed E-state index contributed by atoms with van der Waals surface area (Å²) in [6, 6.07) is 0. The average molecular weight is 180 g/mol. The van der Waals surface area contributed by atoms with Gasteiger partial charge in [-0.2, -0.15) is 0 Å². The summed E-state index contributed by atoms with van der Waals surface area (Å²) in [5.41, 5.74) is 0. The molecule has 4 atom stereocenters. The van der Waals surface area contributed by atoms with Crippen molar-refractivity contribution in [2.24, 2.45) is 23.7 Å². The maximum absolute atomic E-state index is 11.3. The molecular formula is C11H16O2. The van der Waals surface area contributed by atoms with Crippen molar-refractivity contribution in [2.75, 3.05) is 7.11 Å². The monoisotopic (exact) mass is 180 g/mol. The summed E-state index contributed by atoms with van der Waals surface area (Å²) in [5, 5.41) is 0. The third kappa shape index (κ3) is 1.38. The molecule has 1 saturated carbocycles. The average Bonchev–Trinajstić information content (AvgIpc) is 2.76. The molecule has 2 aliphatic carbocycles. The fraction of sp³-hybridized carbons (Fsp3) is 0.727. The number of fused-ring (bicyclic) bond motifs is 2. The van der Waals surface area contributed by atoms with Gasteiger partial charge in [0.25, 0.3) is 0 Å². The van der Waals surface area contributed by atoms with Gasteiger partial charge in [-0.3, -0.25) is 4.79 Å². The number of hydrogen-bond acceptors (Lipinski definition) is 2. The van der Waals surface area contributed by atoms with Crippen molar-refractivity contribution in [3.8, 4) is 0 Å². The summed E-state index contributed by atoms with van der Waals surface area (Å²) in [4.78, 5) is 11.3. The number of carbonyl (C=O) groups excluding carboxylic acids is 1. The van der Waals surface area contributed by atoms with Crippen LogP contribution in [0.4, 0.5) is 0 Å². The van der Waals surface area contributed by atoms with Crippen molar-refractivity contribution >= 4 is 5.97 Å². The molecule has 2 nitrogen and oxygen atoms in total. The van der Waals surface area contributed by atoms with E-state index in [1.54, 1.807) is 0 Å². The minimum Gasteiger partial charge on any atom is -0.469 e. The third-order valence-electron chi connectivity index (χ3n) is 3.55. The summed E-state index contributed by atoms with van der Waals surface area (Å²) in [7, 11) is 1.47. The lowest BCUT2D eigenvalue weighted by Crippen LogP contribution is -2.25. The van der Waals surface area contributed by atoms with Crippen molar-refractivity contribution < 1.29 is 9.53 Å². The van der Waals surface area contributed by atoms with E-state index >= 15 is 0 Å². The molecule has 0 spiro atoms. The van der Waals surface area contributed by atoms with Crippen LogP contribution in [0, 0.1) is 23.7 Å².